The topological polar surface area (TPSA) is 41.9 Å². The predicted molar refractivity (Wildman–Crippen MR) is 74.7 cm³/mol. The third-order valence-corrected chi connectivity index (χ3v) is 3.44. The number of hydrogen-bond donors (Lipinski definition) is 1. The Morgan fingerprint density at radius 3 is 2.63 bits per heavy atom. The van der Waals surface area contributed by atoms with Crippen LogP contribution in [0, 0.1) is 5.92 Å². The standard InChI is InChI=1S/C15H23NO3/c1-2-18-14-5-3-4-6-15(14)19-10-9-16-8-7-13(11-16)12-17/h3-6,13,17H,2,7-12H2,1H3. The van der Waals surface area contributed by atoms with E-state index in [1.807, 2.05) is 31.2 Å². The zero-order chi connectivity index (χ0) is 13.5. The van der Waals surface area contributed by atoms with Crippen LogP contribution in [0.3, 0.4) is 0 Å². The van der Waals surface area contributed by atoms with Crippen molar-refractivity contribution in [2.24, 2.45) is 5.92 Å². The minimum absolute atomic E-state index is 0.296. The summed E-state index contributed by atoms with van der Waals surface area (Å²) in [6.07, 6.45) is 1.09. The number of ether oxygens (including phenoxy) is 2. The molecule has 0 spiro atoms. The molecule has 4 nitrogen and oxygen atoms in total. The van der Waals surface area contributed by atoms with Crippen LogP contribution in [-0.2, 0) is 0 Å². The van der Waals surface area contributed by atoms with Gasteiger partial charge in [-0.25, -0.2) is 0 Å². The van der Waals surface area contributed by atoms with E-state index < -0.39 is 0 Å². The molecule has 4 heteroatoms. The molecule has 1 aliphatic rings. The first kappa shape index (κ1) is 14.2. The number of rotatable bonds is 7. The van der Waals surface area contributed by atoms with Gasteiger partial charge in [-0.15, -0.1) is 0 Å². The first-order valence-corrected chi connectivity index (χ1v) is 7.01. The normalized spacial score (nSPS) is 19.6. The highest BCUT2D eigenvalue weighted by molar-refractivity contribution is 5.39. The molecule has 106 valence electrons. The minimum atomic E-state index is 0.296. The largest absolute Gasteiger partial charge is 0.490 e. The fourth-order valence-corrected chi connectivity index (χ4v) is 2.39. The second-order valence-corrected chi connectivity index (χ2v) is 4.87. The van der Waals surface area contributed by atoms with Gasteiger partial charge in [0.2, 0.25) is 0 Å². The number of hydrogen-bond acceptors (Lipinski definition) is 4. The van der Waals surface area contributed by atoms with Crippen molar-refractivity contribution in [3.8, 4) is 11.5 Å². The summed E-state index contributed by atoms with van der Waals surface area (Å²) in [5, 5.41) is 9.11. The summed E-state index contributed by atoms with van der Waals surface area (Å²) in [5.41, 5.74) is 0. The quantitative estimate of drug-likeness (QED) is 0.816. The summed E-state index contributed by atoms with van der Waals surface area (Å²) in [7, 11) is 0. The Balaban J connectivity index is 1.76. The number of para-hydroxylation sites is 2. The summed E-state index contributed by atoms with van der Waals surface area (Å²) in [6.45, 7) is 6.50. The molecule has 19 heavy (non-hydrogen) atoms. The van der Waals surface area contributed by atoms with Crippen LogP contribution < -0.4 is 9.47 Å². The van der Waals surface area contributed by atoms with Crippen molar-refractivity contribution in [2.45, 2.75) is 13.3 Å². The van der Waals surface area contributed by atoms with Crippen molar-refractivity contribution in [1.29, 1.82) is 0 Å². The molecular weight excluding hydrogens is 242 g/mol. The van der Waals surface area contributed by atoms with Crippen LogP contribution >= 0.6 is 0 Å². The van der Waals surface area contributed by atoms with Gasteiger partial charge in [-0.2, -0.15) is 0 Å². The van der Waals surface area contributed by atoms with E-state index in [4.69, 9.17) is 14.6 Å². The van der Waals surface area contributed by atoms with E-state index in [-0.39, 0.29) is 0 Å². The summed E-state index contributed by atoms with van der Waals surface area (Å²) in [6, 6.07) is 7.77. The number of likely N-dealkylation sites (tertiary alicyclic amines) is 1. The van der Waals surface area contributed by atoms with E-state index in [1.54, 1.807) is 0 Å². The van der Waals surface area contributed by atoms with Gasteiger partial charge in [0.1, 0.15) is 6.61 Å². The Labute approximate surface area is 114 Å². The lowest BCUT2D eigenvalue weighted by molar-refractivity contribution is 0.201. The molecule has 0 amide bonds. The van der Waals surface area contributed by atoms with Crippen LogP contribution in [0.4, 0.5) is 0 Å². The van der Waals surface area contributed by atoms with Gasteiger partial charge in [0.15, 0.2) is 11.5 Å². The highest BCUT2D eigenvalue weighted by Gasteiger charge is 2.21. The summed E-state index contributed by atoms with van der Waals surface area (Å²) < 4.78 is 11.3. The highest BCUT2D eigenvalue weighted by Crippen LogP contribution is 2.26. The van der Waals surface area contributed by atoms with Crippen molar-refractivity contribution < 1.29 is 14.6 Å². The van der Waals surface area contributed by atoms with Crippen molar-refractivity contribution >= 4 is 0 Å². The molecule has 1 atom stereocenters. The molecule has 1 saturated heterocycles. The number of aliphatic hydroxyl groups is 1. The number of benzene rings is 1. The maximum atomic E-state index is 9.11. The lowest BCUT2D eigenvalue weighted by Crippen LogP contribution is -2.26. The Morgan fingerprint density at radius 2 is 2.00 bits per heavy atom. The second-order valence-electron chi connectivity index (χ2n) is 4.87. The molecule has 0 aliphatic carbocycles. The third-order valence-electron chi connectivity index (χ3n) is 3.44. The average Bonchev–Trinajstić information content (AvgIpc) is 2.89. The summed E-state index contributed by atoms with van der Waals surface area (Å²) in [5.74, 6) is 2.05. The minimum Gasteiger partial charge on any atom is -0.490 e. The molecule has 1 aromatic carbocycles. The molecule has 0 saturated carbocycles. The molecule has 1 heterocycles. The fraction of sp³-hybridized carbons (Fsp3) is 0.600. The first-order chi connectivity index (χ1) is 9.33. The van der Waals surface area contributed by atoms with Crippen LogP contribution in [0.5, 0.6) is 11.5 Å². The number of nitrogens with zero attached hydrogens (tertiary/aromatic N) is 1. The Kier molecular flexibility index (Phi) is 5.48. The number of aliphatic hydroxyl groups excluding tert-OH is 1. The Hall–Kier alpha value is -1.26. The molecule has 2 rings (SSSR count). The third kappa shape index (κ3) is 4.11. The maximum Gasteiger partial charge on any atom is 0.161 e. The van der Waals surface area contributed by atoms with E-state index in [2.05, 4.69) is 4.90 Å². The van der Waals surface area contributed by atoms with Crippen LogP contribution in [-0.4, -0.2) is 49.5 Å². The molecule has 1 aromatic rings. The van der Waals surface area contributed by atoms with Gasteiger partial charge in [-0.05, 0) is 37.9 Å². The molecule has 1 aliphatic heterocycles. The van der Waals surface area contributed by atoms with E-state index in [0.717, 1.165) is 37.6 Å². The summed E-state index contributed by atoms with van der Waals surface area (Å²) in [4.78, 5) is 2.34. The molecule has 0 radical (unpaired) electrons. The Bertz CT molecular complexity index is 383. The van der Waals surface area contributed by atoms with E-state index >= 15 is 0 Å². The lowest BCUT2D eigenvalue weighted by Gasteiger charge is -2.17. The molecule has 0 aromatic heterocycles. The van der Waals surface area contributed by atoms with Crippen LogP contribution in [0.15, 0.2) is 24.3 Å². The molecule has 1 unspecified atom stereocenters. The molecule has 1 fully saturated rings. The Morgan fingerprint density at radius 1 is 1.26 bits per heavy atom. The molecule has 1 N–H and O–H groups in total. The molecular formula is C15H23NO3. The first-order valence-electron chi connectivity index (χ1n) is 7.01. The van der Waals surface area contributed by atoms with Crippen molar-refractivity contribution in [2.75, 3.05) is 39.5 Å². The zero-order valence-electron chi connectivity index (χ0n) is 11.5. The van der Waals surface area contributed by atoms with Gasteiger partial charge >= 0.3 is 0 Å². The molecule has 0 bridgehead atoms. The van der Waals surface area contributed by atoms with Gasteiger partial charge in [0.05, 0.1) is 6.61 Å². The van der Waals surface area contributed by atoms with Crippen molar-refractivity contribution in [1.82, 2.24) is 4.90 Å². The SMILES string of the molecule is CCOc1ccccc1OCCN1CCC(CO)C1. The smallest absolute Gasteiger partial charge is 0.161 e. The van der Waals surface area contributed by atoms with E-state index in [1.165, 1.54) is 0 Å². The van der Waals surface area contributed by atoms with Gasteiger partial charge in [-0.1, -0.05) is 12.1 Å². The second kappa shape index (κ2) is 7.36. The average molecular weight is 265 g/mol. The van der Waals surface area contributed by atoms with E-state index in [0.29, 0.717) is 25.7 Å². The zero-order valence-corrected chi connectivity index (χ0v) is 11.5. The van der Waals surface area contributed by atoms with Crippen molar-refractivity contribution in [3.05, 3.63) is 24.3 Å². The lowest BCUT2D eigenvalue weighted by atomic mass is 10.1. The van der Waals surface area contributed by atoms with Gasteiger partial charge in [-0.3, -0.25) is 4.90 Å². The van der Waals surface area contributed by atoms with E-state index in [9.17, 15) is 0 Å². The summed E-state index contributed by atoms with van der Waals surface area (Å²) >= 11 is 0. The fourth-order valence-electron chi connectivity index (χ4n) is 2.39. The van der Waals surface area contributed by atoms with Crippen LogP contribution in [0.1, 0.15) is 13.3 Å². The van der Waals surface area contributed by atoms with Crippen LogP contribution in [0.25, 0.3) is 0 Å². The van der Waals surface area contributed by atoms with Crippen molar-refractivity contribution in [3.63, 3.8) is 0 Å². The predicted octanol–water partition coefficient (Wildman–Crippen LogP) is 1.78. The maximum absolute atomic E-state index is 9.11. The van der Waals surface area contributed by atoms with Gasteiger partial charge < -0.3 is 14.6 Å². The highest BCUT2D eigenvalue weighted by atomic mass is 16.5. The van der Waals surface area contributed by atoms with Gasteiger partial charge in [0, 0.05) is 19.7 Å². The van der Waals surface area contributed by atoms with Crippen LogP contribution in [0.2, 0.25) is 0 Å². The van der Waals surface area contributed by atoms with Gasteiger partial charge in [0.25, 0.3) is 0 Å². The monoisotopic (exact) mass is 265 g/mol.